The van der Waals surface area contributed by atoms with Gasteiger partial charge in [0.15, 0.2) is 0 Å². The van der Waals surface area contributed by atoms with Crippen molar-refractivity contribution in [2.24, 2.45) is 0 Å². The number of halogens is 1. The molecule has 0 aromatic heterocycles. The van der Waals surface area contributed by atoms with Crippen molar-refractivity contribution in [2.75, 3.05) is 0 Å². The van der Waals surface area contributed by atoms with Gasteiger partial charge in [-0.2, -0.15) is 0 Å². The normalized spacial score (nSPS) is 10.8. The SMILES string of the molecule is O=Cc1ccccc1C[P+](c1ccccc1)(c1ccccc1)c1ccccc1.[Br-]. The molecule has 0 spiro atoms. The second kappa shape index (κ2) is 9.78. The van der Waals surface area contributed by atoms with E-state index in [0.29, 0.717) is 0 Å². The summed E-state index contributed by atoms with van der Waals surface area (Å²) in [5, 5.41) is 3.98. The van der Waals surface area contributed by atoms with Gasteiger partial charge in [-0.3, -0.25) is 4.79 Å². The first-order chi connectivity index (χ1) is 13.8. The van der Waals surface area contributed by atoms with E-state index in [1.165, 1.54) is 15.9 Å². The van der Waals surface area contributed by atoms with Crippen LogP contribution in [0.15, 0.2) is 115 Å². The van der Waals surface area contributed by atoms with Crippen molar-refractivity contribution >= 4 is 29.5 Å². The maximum Gasteiger partial charge on any atom is 0.150 e. The number of aldehydes is 1. The van der Waals surface area contributed by atoms with Crippen LogP contribution >= 0.6 is 7.26 Å². The Bertz CT molecular complexity index is 953. The van der Waals surface area contributed by atoms with Crippen molar-refractivity contribution in [1.29, 1.82) is 0 Å². The number of hydrogen-bond donors (Lipinski definition) is 0. The minimum Gasteiger partial charge on any atom is -1.00 e. The molecule has 0 N–H and O–H groups in total. The summed E-state index contributed by atoms with van der Waals surface area (Å²) in [4.78, 5) is 11.7. The van der Waals surface area contributed by atoms with E-state index in [1.54, 1.807) is 0 Å². The van der Waals surface area contributed by atoms with Crippen LogP contribution in [0.5, 0.6) is 0 Å². The Balaban J connectivity index is 0.00000240. The molecule has 4 aromatic carbocycles. The van der Waals surface area contributed by atoms with Crippen LogP contribution in [-0.4, -0.2) is 6.29 Å². The molecule has 0 saturated carbocycles. The second-order valence-corrected chi connectivity index (χ2v) is 10.3. The van der Waals surface area contributed by atoms with Crippen molar-refractivity contribution in [2.45, 2.75) is 6.16 Å². The average Bonchev–Trinajstić information content (AvgIpc) is 2.79. The summed E-state index contributed by atoms with van der Waals surface area (Å²) in [5.41, 5.74) is 1.87. The monoisotopic (exact) mass is 460 g/mol. The van der Waals surface area contributed by atoms with Gasteiger partial charge >= 0.3 is 0 Å². The van der Waals surface area contributed by atoms with Gasteiger partial charge in [-0.1, -0.05) is 78.9 Å². The molecule has 4 rings (SSSR count). The van der Waals surface area contributed by atoms with E-state index in [-0.39, 0.29) is 17.0 Å². The van der Waals surface area contributed by atoms with Crippen LogP contribution in [0.4, 0.5) is 0 Å². The zero-order valence-electron chi connectivity index (χ0n) is 16.0. The number of rotatable bonds is 6. The molecule has 1 nitrogen and oxygen atoms in total. The maximum atomic E-state index is 11.7. The standard InChI is InChI=1S/C26H22OP.BrH/c27-20-22-12-10-11-13-23(22)21-28(24-14-4-1-5-15-24,25-16-6-2-7-17-25)26-18-8-3-9-19-26;/h1-20H,21H2;1H/q+1;/p-1. The van der Waals surface area contributed by atoms with E-state index in [2.05, 4.69) is 97.1 Å². The zero-order valence-corrected chi connectivity index (χ0v) is 18.5. The fourth-order valence-corrected chi connectivity index (χ4v) is 8.10. The Labute approximate surface area is 183 Å². The molecule has 0 fully saturated rings. The van der Waals surface area contributed by atoms with E-state index in [9.17, 15) is 4.79 Å². The van der Waals surface area contributed by atoms with Crippen LogP contribution in [0.2, 0.25) is 0 Å². The molecular weight excluding hydrogens is 439 g/mol. The van der Waals surface area contributed by atoms with Gasteiger partial charge in [0.2, 0.25) is 0 Å². The van der Waals surface area contributed by atoms with Gasteiger partial charge in [0.1, 0.15) is 29.5 Å². The highest BCUT2D eigenvalue weighted by atomic mass is 79.9. The largest absolute Gasteiger partial charge is 1.00 e. The summed E-state index contributed by atoms with van der Waals surface area (Å²) in [6.45, 7) is 0. The number of carbonyl (C=O) groups is 1. The molecule has 0 aliphatic rings. The van der Waals surface area contributed by atoms with E-state index in [0.717, 1.165) is 23.6 Å². The molecule has 4 aromatic rings. The third-order valence-electron chi connectivity index (χ3n) is 5.18. The summed E-state index contributed by atoms with van der Waals surface area (Å²) in [6.07, 6.45) is 1.80. The molecule has 0 aliphatic heterocycles. The highest BCUT2D eigenvalue weighted by molar-refractivity contribution is 7.95. The number of hydrogen-bond acceptors (Lipinski definition) is 1. The van der Waals surface area contributed by atoms with Crippen LogP contribution in [0.3, 0.4) is 0 Å². The molecule has 0 radical (unpaired) electrons. The van der Waals surface area contributed by atoms with Gasteiger partial charge < -0.3 is 17.0 Å². The third-order valence-corrected chi connectivity index (χ3v) is 9.53. The van der Waals surface area contributed by atoms with Crippen molar-refractivity contribution in [1.82, 2.24) is 0 Å². The van der Waals surface area contributed by atoms with E-state index < -0.39 is 7.26 Å². The third kappa shape index (κ3) is 4.24. The fraction of sp³-hybridized carbons (Fsp3) is 0.0385. The summed E-state index contributed by atoms with van der Waals surface area (Å²) in [6, 6.07) is 40.2. The summed E-state index contributed by atoms with van der Waals surface area (Å²) < 4.78 is 0. The Morgan fingerprint density at radius 3 is 1.34 bits per heavy atom. The molecule has 0 bridgehead atoms. The summed E-state index contributed by atoms with van der Waals surface area (Å²) >= 11 is 0. The smallest absolute Gasteiger partial charge is 0.150 e. The molecule has 144 valence electrons. The second-order valence-electron chi connectivity index (χ2n) is 6.79. The van der Waals surface area contributed by atoms with E-state index in [1.807, 2.05) is 18.2 Å². The lowest BCUT2D eigenvalue weighted by Crippen LogP contribution is -3.00. The number of benzene rings is 4. The first-order valence-corrected chi connectivity index (χ1v) is 11.4. The van der Waals surface area contributed by atoms with Gasteiger partial charge in [-0.15, -0.1) is 0 Å². The molecular formula is C26H22BrOP. The van der Waals surface area contributed by atoms with Crippen LogP contribution in [0.25, 0.3) is 0 Å². The minimum atomic E-state index is -1.97. The number of carbonyl (C=O) groups excluding carboxylic acids is 1. The predicted molar refractivity (Wildman–Crippen MR) is 121 cm³/mol. The molecule has 29 heavy (non-hydrogen) atoms. The predicted octanol–water partition coefficient (Wildman–Crippen LogP) is 2.00. The average molecular weight is 461 g/mol. The molecule has 0 heterocycles. The lowest BCUT2D eigenvalue weighted by atomic mass is 10.1. The van der Waals surface area contributed by atoms with Crippen molar-refractivity contribution in [3.8, 4) is 0 Å². The molecule has 0 unspecified atom stereocenters. The van der Waals surface area contributed by atoms with Gasteiger partial charge in [0, 0.05) is 11.1 Å². The van der Waals surface area contributed by atoms with Gasteiger partial charge in [-0.25, -0.2) is 0 Å². The van der Waals surface area contributed by atoms with Crippen molar-refractivity contribution in [3.63, 3.8) is 0 Å². The van der Waals surface area contributed by atoms with E-state index in [4.69, 9.17) is 0 Å². The quantitative estimate of drug-likeness (QED) is 0.317. The van der Waals surface area contributed by atoms with Crippen LogP contribution in [0, 0.1) is 0 Å². The first-order valence-electron chi connectivity index (χ1n) is 9.42. The highest BCUT2D eigenvalue weighted by Crippen LogP contribution is 2.58. The van der Waals surface area contributed by atoms with E-state index >= 15 is 0 Å². The summed E-state index contributed by atoms with van der Waals surface area (Å²) in [5.74, 6) is 0. The Morgan fingerprint density at radius 1 is 0.552 bits per heavy atom. The summed E-state index contributed by atoms with van der Waals surface area (Å²) in [7, 11) is -1.97. The van der Waals surface area contributed by atoms with Gasteiger partial charge in [0.05, 0.1) is 6.16 Å². The molecule has 0 atom stereocenters. The molecule has 0 aliphatic carbocycles. The Hall–Kier alpha value is -2.54. The lowest BCUT2D eigenvalue weighted by molar-refractivity contribution is -0.0000119. The van der Waals surface area contributed by atoms with Crippen molar-refractivity contribution < 1.29 is 21.8 Å². The minimum absolute atomic E-state index is 0. The maximum absolute atomic E-state index is 11.7. The van der Waals surface area contributed by atoms with Crippen molar-refractivity contribution in [3.05, 3.63) is 126 Å². The molecule has 0 saturated heterocycles. The Morgan fingerprint density at radius 2 is 0.931 bits per heavy atom. The topological polar surface area (TPSA) is 17.1 Å². The van der Waals surface area contributed by atoms with Crippen LogP contribution in [0.1, 0.15) is 15.9 Å². The van der Waals surface area contributed by atoms with Crippen LogP contribution in [-0.2, 0) is 6.16 Å². The van der Waals surface area contributed by atoms with Gasteiger partial charge in [0.25, 0.3) is 0 Å². The first kappa shape index (κ1) is 21.2. The molecule has 0 amide bonds. The fourth-order valence-electron chi connectivity index (χ4n) is 3.82. The van der Waals surface area contributed by atoms with Gasteiger partial charge in [-0.05, 0) is 36.4 Å². The molecule has 3 heteroatoms. The highest BCUT2D eigenvalue weighted by Gasteiger charge is 2.45. The lowest BCUT2D eigenvalue weighted by Gasteiger charge is -2.28. The zero-order chi connectivity index (χ0) is 19.2. The Kier molecular flexibility index (Phi) is 7.14. The van der Waals surface area contributed by atoms with Crippen LogP contribution < -0.4 is 32.9 Å².